The van der Waals surface area contributed by atoms with Crippen LogP contribution in [0.2, 0.25) is 0 Å². The first kappa shape index (κ1) is 22.9. The number of hydrogen-bond acceptors (Lipinski definition) is 1. The highest BCUT2D eigenvalue weighted by Gasteiger charge is 2.31. The lowest BCUT2D eigenvalue weighted by molar-refractivity contribution is -0.941. The van der Waals surface area contributed by atoms with Gasteiger partial charge in [0.15, 0.2) is 0 Å². The molecule has 0 radical (unpaired) electrons. The van der Waals surface area contributed by atoms with Gasteiger partial charge in [-0.25, -0.2) is 0 Å². The normalized spacial score (nSPS) is 16.8. The number of quaternary nitrogens is 1. The van der Waals surface area contributed by atoms with Crippen molar-refractivity contribution in [3.63, 3.8) is 0 Å². The van der Waals surface area contributed by atoms with Gasteiger partial charge in [0.25, 0.3) is 0 Å². The first-order valence-corrected chi connectivity index (χ1v) is 12.0. The van der Waals surface area contributed by atoms with Crippen LogP contribution >= 0.6 is 0 Å². The lowest BCUT2D eigenvalue weighted by Gasteiger charge is -2.40. The van der Waals surface area contributed by atoms with E-state index >= 15 is 0 Å². The molecule has 30 heavy (non-hydrogen) atoms. The molecule has 0 bridgehead atoms. The minimum absolute atomic E-state index is 0.296. The van der Waals surface area contributed by atoms with Crippen LogP contribution in [0.15, 0.2) is 48.5 Å². The SMILES string of the molecule is Cc1cccc(C)c1OCCC(C)(C)CC[N+]1(Cc2ccccc2)CCCCCC1. The van der Waals surface area contributed by atoms with E-state index in [0.717, 1.165) is 18.8 Å². The van der Waals surface area contributed by atoms with Crippen LogP contribution in [-0.4, -0.2) is 30.7 Å². The maximum absolute atomic E-state index is 6.23. The van der Waals surface area contributed by atoms with Crippen LogP contribution in [0.25, 0.3) is 0 Å². The molecule has 2 heteroatoms. The van der Waals surface area contributed by atoms with Crippen LogP contribution in [0.4, 0.5) is 0 Å². The Hall–Kier alpha value is -1.80. The molecule has 0 unspecified atom stereocenters. The zero-order valence-electron chi connectivity index (χ0n) is 19.8. The van der Waals surface area contributed by atoms with Crippen molar-refractivity contribution in [2.24, 2.45) is 5.41 Å². The summed E-state index contributed by atoms with van der Waals surface area (Å²) in [4.78, 5) is 0. The third kappa shape index (κ3) is 6.60. The van der Waals surface area contributed by atoms with Crippen LogP contribution in [0, 0.1) is 19.3 Å². The molecular formula is C28H42NO+. The topological polar surface area (TPSA) is 9.23 Å². The van der Waals surface area contributed by atoms with Crippen LogP contribution in [-0.2, 0) is 6.54 Å². The fourth-order valence-electron chi connectivity index (χ4n) is 4.91. The predicted octanol–water partition coefficient (Wildman–Crippen LogP) is 7.08. The van der Waals surface area contributed by atoms with Crippen molar-refractivity contribution in [1.82, 2.24) is 0 Å². The molecule has 3 rings (SSSR count). The summed E-state index contributed by atoms with van der Waals surface area (Å²) in [5.41, 5.74) is 4.27. The first-order valence-electron chi connectivity index (χ1n) is 12.0. The zero-order chi connectivity index (χ0) is 21.5. The van der Waals surface area contributed by atoms with Gasteiger partial charge in [-0.05, 0) is 62.5 Å². The van der Waals surface area contributed by atoms with Gasteiger partial charge in [-0.3, -0.25) is 0 Å². The third-order valence-corrected chi connectivity index (χ3v) is 7.07. The number of rotatable bonds is 9. The molecular weight excluding hydrogens is 366 g/mol. The summed E-state index contributed by atoms with van der Waals surface area (Å²) >= 11 is 0. The number of aryl methyl sites for hydroxylation is 2. The molecule has 0 aromatic heterocycles. The molecule has 1 heterocycles. The number of para-hydroxylation sites is 1. The second-order valence-corrected chi connectivity index (χ2v) is 10.3. The summed E-state index contributed by atoms with van der Waals surface area (Å²) in [6.45, 7) is 15.1. The molecule has 2 nitrogen and oxygen atoms in total. The summed E-state index contributed by atoms with van der Waals surface area (Å²) < 4.78 is 7.50. The summed E-state index contributed by atoms with van der Waals surface area (Å²) in [6.07, 6.45) is 7.93. The predicted molar refractivity (Wildman–Crippen MR) is 128 cm³/mol. The Morgan fingerprint density at radius 1 is 0.800 bits per heavy atom. The molecule has 164 valence electrons. The lowest BCUT2D eigenvalue weighted by Crippen LogP contribution is -2.49. The number of nitrogens with zero attached hydrogens (tertiary/aromatic N) is 1. The molecule has 0 N–H and O–H groups in total. The number of hydrogen-bond donors (Lipinski definition) is 0. The Bertz CT molecular complexity index is 752. The van der Waals surface area contributed by atoms with E-state index in [2.05, 4.69) is 76.2 Å². The molecule has 1 fully saturated rings. The van der Waals surface area contributed by atoms with E-state index in [4.69, 9.17) is 4.74 Å². The molecule has 2 aromatic carbocycles. The van der Waals surface area contributed by atoms with Crippen LogP contribution in [0.3, 0.4) is 0 Å². The number of ether oxygens (including phenoxy) is 1. The van der Waals surface area contributed by atoms with Crippen molar-refractivity contribution in [3.8, 4) is 5.75 Å². The van der Waals surface area contributed by atoms with Crippen molar-refractivity contribution in [2.45, 2.75) is 72.8 Å². The van der Waals surface area contributed by atoms with E-state index in [-0.39, 0.29) is 0 Å². The average Bonchev–Trinajstić information content (AvgIpc) is 2.96. The molecule has 1 aliphatic heterocycles. The van der Waals surface area contributed by atoms with Gasteiger partial charge in [-0.2, -0.15) is 0 Å². The van der Waals surface area contributed by atoms with Gasteiger partial charge < -0.3 is 9.22 Å². The summed E-state index contributed by atoms with van der Waals surface area (Å²) in [5, 5.41) is 0. The molecule has 0 aliphatic carbocycles. The molecule has 0 spiro atoms. The quantitative estimate of drug-likeness (QED) is 0.403. The van der Waals surface area contributed by atoms with Crippen LogP contribution < -0.4 is 4.74 Å². The van der Waals surface area contributed by atoms with Gasteiger partial charge in [0.05, 0.1) is 26.2 Å². The fraction of sp³-hybridized carbons (Fsp3) is 0.571. The lowest BCUT2D eigenvalue weighted by atomic mass is 9.85. The van der Waals surface area contributed by atoms with E-state index in [0.29, 0.717) is 5.41 Å². The molecule has 0 amide bonds. The van der Waals surface area contributed by atoms with Gasteiger partial charge in [0.1, 0.15) is 12.3 Å². The monoisotopic (exact) mass is 408 g/mol. The van der Waals surface area contributed by atoms with E-state index in [9.17, 15) is 0 Å². The molecule has 0 saturated carbocycles. The third-order valence-electron chi connectivity index (χ3n) is 7.07. The highest BCUT2D eigenvalue weighted by atomic mass is 16.5. The number of benzene rings is 2. The Balaban J connectivity index is 1.59. The van der Waals surface area contributed by atoms with Crippen LogP contribution in [0.5, 0.6) is 5.75 Å². The number of likely N-dealkylation sites (tertiary alicyclic amines) is 1. The Morgan fingerprint density at radius 3 is 2.07 bits per heavy atom. The second kappa shape index (κ2) is 10.5. The Labute approximate surface area is 184 Å². The maximum atomic E-state index is 6.23. The average molecular weight is 409 g/mol. The standard InChI is InChI=1S/C28H42NO/c1-24-13-12-14-25(2)27(24)30-22-18-28(3,4)17-21-29(19-10-5-6-11-20-29)23-26-15-8-7-9-16-26/h7-9,12-16H,5-6,10-11,17-23H2,1-4H3/q+1. The van der Waals surface area contributed by atoms with Crippen molar-refractivity contribution in [3.05, 3.63) is 65.2 Å². The molecule has 2 aromatic rings. The molecule has 0 atom stereocenters. The van der Waals surface area contributed by atoms with Crippen molar-refractivity contribution >= 4 is 0 Å². The maximum Gasteiger partial charge on any atom is 0.125 e. The Morgan fingerprint density at radius 2 is 1.43 bits per heavy atom. The highest BCUT2D eigenvalue weighted by Crippen LogP contribution is 2.31. The minimum atomic E-state index is 0.296. The van der Waals surface area contributed by atoms with Crippen molar-refractivity contribution in [2.75, 3.05) is 26.2 Å². The first-order chi connectivity index (χ1) is 14.4. The second-order valence-electron chi connectivity index (χ2n) is 10.3. The minimum Gasteiger partial charge on any atom is -0.493 e. The fourth-order valence-corrected chi connectivity index (χ4v) is 4.91. The van der Waals surface area contributed by atoms with E-state index in [1.165, 1.54) is 79.5 Å². The van der Waals surface area contributed by atoms with Crippen LogP contribution in [0.1, 0.15) is 69.1 Å². The van der Waals surface area contributed by atoms with Gasteiger partial charge in [-0.1, -0.05) is 62.4 Å². The molecule has 1 aliphatic rings. The largest absolute Gasteiger partial charge is 0.493 e. The van der Waals surface area contributed by atoms with Gasteiger partial charge in [0.2, 0.25) is 0 Å². The van der Waals surface area contributed by atoms with E-state index in [1.807, 2.05) is 0 Å². The van der Waals surface area contributed by atoms with Gasteiger partial charge >= 0.3 is 0 Å². The smallest absolute Gasteiger partial charge is 0.125 e. The molecule has 1 saturated heterocycles. The van der Waals surface area contributed by atoms with Gasteiger partial charge in [0, 0.05) is 12.0 Å². The zero-order valence-corrected chi connectivity index (χ0v) is 19.8. The summed E-state index contributed by atoms with van der Waals surface area (Å²) in [7, 11) is 0. The summed E-state index contributed by atoms with van der Waals surface area (Å²) in [5.74, 6) is 1.08. The van der Waals surface area contributed by atoms with E-state index < -0.39 is 0 Å². The van der Waals surface area contributed by atoms with Crippen molar-refractivity contribution in [1.29, 1.82) is 0 Å². The van der Waals surface area contributed by atoms with Gasteiger partial charge in [-0.15, -0.1) is 0 Å². The van der Waals surface area contributed by atoms with Crippen molar-refractivity contribution < 1.29 is 9.22 Å². The summed E-state index contributed by atoms with van der Waals surface area (Å²) in [6, 6.07) is 17.5. The Kier molecular flexibility index (Phi) is 7.99. The highest BCUT2D eigenvalue weighted by molar-refractivity contribution is 5.39. The van der Waals surface area contributed by atoms with E-state index in [1.54, 1.807) is 0 Å².